The Labute approximate surface area is 330 Å². The first-order chi connectivity index (χ1) is 26.0. The van der Waals surface area contributed by atoms with Crippen LogP contribution in [-0.4, -0.2) is 70.0 Å². The minimum atomic E-state index is -4.63. The molecule has 0 aromatic carbocycles. The van der Waals surface area contributed by atoms with Gasteiger partial charge in [0.1, 0.15) is 19.8 Å². The lowest BCUT2D eigenvalue weighted by Crippen LogP contribution is -2.37. The van der Waals surface area contributed by atoms with Crippen molar-refractivity contribution < 1.29 is 42.1 Å². The highest BCUT2D eigenvalue weighted by Gasteiger charge is 2.21. The third-order valence-electron chi connectivity index (χ3n) is 8.52. The van der Waals surface area contributed by atoms with E-state index in [4.69, 9.17) is 18.5 Å². The van der Waals surface area contributed by atoms with Crippen molar-refractivity contribution in [2.24, 2.45) is 0 Å². The fraction of sp³-hybridized carbons (Fsp3) is 0.727. The average Bonchev–Trinajstić information content (AvgIpc) is 3.12. The van der Waals surface area contributed by atoms with Crippen molar-refractivity contribution in [3.8, 4) is 0 Å². The molecule has 0 fully saturated rings. The summed E-state index contributed by atoms with van der Waals surface area (Å²) in [5, 5.41) is 0. The predicted octanol–water partition coefficient (Wildman–Crippen LogP) is 11.1. The number of esters is 2. The van der Waals surface area contributed by atoms with Gasteiger partial charge in [-0.3, -0.25) is 14.2 Å². The molecule has 0 saturated carbocycles. The molecule has 0 aromatic rings. The number of carbonyl (C=O) groups is 2. The summed E-state index contributed by atoms with van der Waals surface area (Å²) in [5.74, 6) is -0.891. The molecule has 1 unspecified atom stereocenters. The van der Waals surface area contributed by atoms with E-state index in [-0.39, 0.29) is 26.1 Å². The summed E-state index contributed by atoms with van der Waals surface area (Å²) in [4.78, 5) is 37.4. The van der Waals surface area contributed by atoms with Gasteiger partial charge < -0.3 is 27.9 Å². The molecule has 10 heteroatoms. The maximum atomic E-state index is 12.6. The average molecular weight is 780 g/mol. The topological polar surface area (TPSA) is 111 Å². The van der Waals surface area contributed by atoms with Crippen molar-refractivity contribution >= 4 is 19.8 Å². The maximum absolute atomic E-state index is 12.6. The van der Waals surface area contributed by atoms with Crippen LogP contribution < -0.4 is 4.89 Å². The summed E-state index contributed by atoms with van der Waals surface area (Å²) in [6.07, 6.45) is 42.5. The zero-order valence-corrected chi connectivity index (χ0v) is 35.8. The standard InChI is InChI=1S/C44H78NO8P/c1-6-8-10-12-14-16-18-20-22-24-26-28-30-32-34-36-43(46)50-40-42(41-52-54(48,49)51-39-38-45(3,4)5)53-44(47)37-35-33-31-29-27-25-23-21-19-17-15-13-11-9-7-2/h8,10,13-16,20,22,26,28,42H,6-7,9,11-12,17-19,21,23-25,27,29-41H2,1-5H3/b10-8+,15-13+,16-14+,22-20+,28-26+/t42-/m1/s1. The van der Waals surface area contributed by atoms with Crippen LogP contribution in [0.25, 0.3) is 0 Å². The smallest absolute Gasteiger partial charge is 0.306 e. The summed E-state index contributed by atoms with van der Waals surface area (Å²) in [7, 11) is 1.13. The molecule has 0 aromatic heterocycles. The number of phosphoric ester groups is 1. The molecule has 0 aliphatic carbocycles. The van der Waals surface area contributed by atoms with Crippen molar-refractivity contribution in [3.63, 3.8) is 0 Å². The number of allylic oxidation sites excluding steroid dienone is 10. The van der Waals surface area contributed by atoms with Crippen LogP contribution in [0.2, 0.25) is 0 Å². The second kappa shape index (κ2) is 36.4. The van der Waals surface area contributed by atoms with Crippen LogP contribution in [0, 0.1) is 0 Å². The van der Waals surface area contributed by atoms with Gasteiger partial charge in [-0.2, -0.15) is 0 Å². The lowest BCUT2D eigenvalue weighted by atomic mass is 10.1. The van der Waals surface area contributed by atoms with Gasteiger partial charge in [-0.1, -0.05) is 132 Å². The van der Waals surface area contributed by atoms with Crippen molar-refractivity contribution in [2.75, 3.05) is 47.5 Å². The molecule has 0 amide bonds. The van der Waals surface area contributed by atoms with Crippen molar-refractivity contribution in [3.05, 3.63) is 60.8 Å². The summed E-state index contributed by atoms with van der Waals surface area (Å²) in [6, 6.07) is 0. The molecule has 0 aliphatic heterocycles. The predicted molar refractivity (Wildman–Crippen MR) is 222 cm³/mol. The van der Waals surface area contributed by atoms with E-state index in [2.05, 4.69) is 74.6 Å². The van der Waals surface area contributed by atoms with Crippen LogP contribution in [-0.2, 0) is 32.7 Å². The Kier molecular flexibility index (Phi) is 34.8. The van der Waals surface area contributed by atoms with E-state index in [1.165, 1.54) is 57.8 Å². The first kappa shape index (κ1) is 51.7. The fourth-order valence-electron chi connectivity index (χ4n) is 5.21. The number of unbranched alkanes of at least 4 members (excludes halogenated alkanes) is 13. The van der Waals surface area contributed by atoms with Gasteiger partial charge in [0.05, 0.1) is 27.7 Å². The number of phosphoric acid groups is 1. The van der Waals surface area contributed by atoms with E-state index < -0.39 is 32.5 Å². The van der Waals surface area contributed by atoms with Crippen LogP contribution in [0.4, 0.5) is 0 Å². The number of hydrogen-bond acceptors (Lipinski definition) is 8. The van der Waals surface area contributed by atoms with E-state index >= 15 is 0 Å². The molecule has 2 atom stereocenters. The Balaban J connectivity index is 4.46. The lowest BCUT2D eigenvalue weighted by Gasteiger charge is -2.28. The zero-order chi connectivity index (χ0) is 40.0. The Morgan fingerprint density at radius 3 is 1.63 bits per heavy atom. The van der Waals surface area contributed by atoms with E-state index in [0.717, 1.165) is 57.8 Å². The van der Waals surface area contributed by atoms with Gasteiger partial charge >= 0.3 is 11.9 Å². The van der Waals surface area contributed by atoms with Gasteiger partial charge in [0.2, 0.25) is 0 Å². The third-order valence-corrected chi connectivity index (χ3v) is 9.49. The first-order valence-corrected chi connectivity index (χ1v) is 22.5. The van der Waals surface area contributed by atoms with E-state index in [1.54, 1.807) is 0 Å². The van der Waals surface area contributed by atoms with Crippen molar-refractivity contribution in [1.82, 2.24) is 0 Å². The van der Waals surface area contributed by atoms with Crippen LogP contribution in [0.3, 0.4) is 0 Å². The van der Waals surface area contributed by atoms with Crippen LogP contribution in [0.15, 0.2) is 60.8 Å². The second-order valence-corrected chi connectivity index (χ2v) is 16.4. The maximum Gasteiger partial charge on any atom is 0.306 e. The van der Waals surface area contributed by atoms with E-state index in [1.807, 2.05) is 21.1 Å². The van der Waals surface area contributed by atoms with Gasteiger partial charge in [-0.05, 0) is 70.6 Å². The monoisotopic (exact) mass is 780 g/mol. The first-order valence-electron chi connectivity index (χ1n) is 21.0. The Morgan fingerprint density at radius 2 is 1.06 bits per heavy atom. The minimum Gasteiger partial charge on any atom is -0.756 e. The molecule has 0 saturated heterocycles. The summed E-state index contributed by atoms with van der Waals surface area (Å²) in [5.41, 5.74) is 0. The van der Waals surface area contributed by atoms with Gasteiger partial charge in [-0.25, -0.2) is 0 Å². The highest BCUT2D eigenvalue weighted by molar-refractivity contribution is 7.45. The van der Waals surface area contributed by atoms with Gasteiger partial charge in [0.15, 0.2) is 6.10 Å². The lowest BCUT2D eigenvalue weighted by molar-refractivity contribution is -0.870. The largest absolute Gasteiger partial charge is 0.756 e. The molecule has 0 heterocycles. The van der Waals surface area contributed by atoms with Crippen LogP contribution >= 0.6 is 7.82 Å². The van der Waals surface area contributed by atoms with Gasteiger partial charge in [0.25, 0.3) is 7.82 Å². The van der Waals surface area contributed by atoms with E-state index in [0.29, 0.717) is 23.9 Å². The summed E-state index contributed by atoms with van der Waals surface area (Å²) >= 11 is 0. The molecule has 0 N–H and O–H groups in total. The van der Waals surface area contributed by atoms with Gasteiger partial charge in [-0.15, -0.1) is 0 Å². The number of nitrogens with zero attached hydrogens (tertiary/aromatic N) is 1. The molecule has 0 aliphatic rings. The number of carbonyl (C=O) groups excluding carboxylic acids is 2. The highest BCUT2D eigenvalue weighted by Crippen LogP contribution is 2.38. The fourth-order valence-corrected chi connectivity index (χ4v) is 5.94. The SMILES string of the molecule is CC/C=C/C/C=C/C/C=C/C/C=C/CCCCC(=O)OC[C@H](COP(=O)([O-])OCC[N+](C)(C)C)OC(=O)CCCCCCCCCCC/C=C/CCCC. The molecule has 0 rings (SSSR count). The molecular weight excluding hydrogens is 701 g/mol. The van der Waals surface area contributed by atoms with Crippen LogP contribution in [0.1, 0.15) is 155 Å². The van der Waals surface area contributed by atoms with Crippen molar-refractivity contribution in [1.29, 1.82) is 0 Å². The molecule has 0 radical (unpaired) electrons. The number of quaternary nitrogens is 1. The quantitative estimate of drug-likeness (QED) is 0.0201. The summed E-state index contributed by atoms with van der Waals surface area (Å²) < 4.78 is 33.8. The Bertz CT molecular complexity index is 1110. The molecule has 9 nitrogen and oxygen atoms in total. The minimum absolute atomic E-state index is 0.0403. The number of hydrogen-bond donors (Lipinski definition) is 0. The van der Waals surface area contributed by atoms with E-state index in [9.17, 15) is 19.0 Å². The molecular formula is C44H78NO8P. The normalized spacial score (nSPS) is 14.3. The number of ether oxygens (including phenoxy) is 2. The Morgan fingerprint density at radius 1 is 0.593 bits per heavy atom. The van der Waals surface area contributed by atoms with Gasteiger partial charge in [0, 0.05) is 12.8 Å². The van der Waals surface area contributed by atoms with Crippen LogP contribution in [0.5, 0.6) is 0 Å². The number of rotatable bonds is 37. The summed E-state index contributed by atoms with van der Waals surface area (Å²) in [6.45, 7) is 4.01. The molecule has 312 valence electrons. The second-order valence-electron chi connectivity index (χ2n) is 15.0. The van der Waals surface area contributed by atoms with Crippen molar-refractivity contribution in [2.45, 2.75) is 161 Å². The highest BCUT2D eigenvalue weighted by atomic mass is 31.2. The molecule has 0 spiro atoms. The Hall–Kier alpha value is -2.29. The zero-order valence-electron chi connectivity index (χ0n) is 34.9. The third kappa shape index (κ3) is 39.4. The number of likely N-dealkylation sites (N-methyl/N-ethyl adjacent to an activating group) is 1. The molecule has 0 bridgehead atoms. The molecule has 54 heavy (non-hydrogen) atoms.